The summed E-state index contributed by atoms with van der Waals surface area (Å²) < 4.78 is 18.7. The maximum Gasteiger partial charge on any atom is 0.193 e. The fourth-order valence-electron chi connectivity index (χ4n) is 3.00. The molecule has 2 aromatic carbocycles. The van der Waals surface area contributed by atoms with E-state index < -0.39 is 0 Å². The summed E-state index contributed by atoms with van der Waals surface area (Å²) in [5.41, 5.74) is 9.06. The van der Waals surface area contributed by atoms with E-state index in [0.29, 0.717) is 11.9 Å². The molecule has 1 saturated carbocycles. The number of ether oxygens (including phenoxy) is 1. The summed E-state index contributed by atoms with van der Waals surface area (Å²) in [5, 5.41) is 3.11. The van der Waals surface area contributed by atoms with Crippen LogP contribution in [0.15, 0.2) is 47.5 Å². The molecule has 0 aromatic heterocycles. The number of anilines is 1. The Morgan fingerprint density at radius 1 is 1.24 bits per heavy atom. The van der Waals surface area contributed by atoms with Gasteiger partial charge in [-0.2, -0.15) is 0 Å². The van der Waals surface area contributed by atoms with Crippen LogP contribution in [0.5, 0.6) is 5.75 Å². The molecule has 0 aliphatic heterocycles. The van der Waals surface area contributed by atoms with Crippen LogP contribution >= 0.6 is 24.0 Å². The number of nitrogens with one attached hydrogen (secondary N) is 1. The van der Waals surface area contributed by atoms with Gasteiger partial charge in [0.1, 0.15) is 0 Å². The number of benzene rings is 2. The Morgan fingerprint density at radius 3 is 2.64 bits per heavy atom. The molecule has 3 N–H and O–H groups in total. The van der Waals surface area contributed by atoms with Crippen molar-refractivity contribution in [1.82, 2.24) is 0 Å². The van der Waals surface area contributed by atoms with Crippen LogP contribution in [0.4, 0.5) is 10.1 Å². The fourth-order valence-corrected chi connectivity index (χ4v) is 3.00. The zero-order valence-corrected chi connectivity index (χ0v) is 16.7. The number of rotatable bonds is 4. The summed E-state index contributed by atoms with van der Waals surface area (Å²) in [6, 6.07) is 13.3. The molecule has 0 heterocycles. The van der Waals surface area contributed by atoms with E-state index >= 15 is 0 Å². The molecule has 25 heavy (non-hydrogen) atoms. The zero-order valence-electron chi connectivity index (χ0n) is 14.3. The van der Waals surface area contributed by atoms with Gasteiger partial charge in [0, 0.05) is 5.69 Å². The van der Waals surface area contributed by atoms with Crippen LogP contribution in [-0.4, -0.2) is 19.1 Å². The van der Waals surface area contributed by atoms with Gasteiger partial charge in [-0.05, 0) is 61.1 Å². The lowest BCUT2D eigenvalue weighted by Gasteiger charge is -2.33. The highest BCUT2D eigenvalue weighted by atomic mass is 127. The Kier molecular flexibility index (Phi) is 6.64. The normalized spacial score (nSPS) is 19.6. The van der Waals surface area contributed by atoms with Gasteiger partial charge >= 0.3 is 0 Å². The first-order valence-electron chi connectivity index (χ1n) is 8.05. The summed E-state index contributed by atoms with van der Waals surface area (Å²) in [5.74, 6) is 0.706. The highest BCUT2D eigenvalue weighted by Gasteiger charge is 2.30. The van der Waals surface area contributed by atoms with Crippen LogP contribution < -0.4 is 15.8 Å². The highest BCUT2D eigenvalue weighted by molar-refractivity contribution is 14.0. The number of aliphatic imine (C=N–C) groups is 1. The van der Waals surface area contributed by atoms with E-state index in [4.69, 9.17) is 10.5 Å². The van der Waals surface area contributed by atoms with Crippen LogP contribution in [-0.2, 0) is 0 Å². The van der Waals surface area contributed by atoms with Crippen molar-refractivity contribution in [2.75, 3.05) is 12.4 Å². The first-order valence-corrected chi connectivity index (χ1v) is 8.05. The maximum absolute atomic E-state index is 13.8. The smallest absolute Gasteiger partial charge is 0.193 e. The van der Waals surface area contributed by atoms with Gasteiger partial charge in [-0.1, -0.05) is 18.2 Å². The SMILES string of the molecule is COc1ccc(C2CC(N=C(N)Nc3cccc(C)c3)C2)cc1F.I. The highest BCUT2D eigenvalue weighted by Crippen LogP contribution is 2.39. The topological polar surface area (TPSA) is 59.6 Å². The summed E-state index contributed by atoms with van der Waals surface area (Å²) in [7, 11) is 1.47. The van der Waals surface area contributed by atoms with Crippen molar-refractivity contribution in [2.45, 2.75) is 31.7 Å². The van der Waals surface area contributed by atoms with Gasteiger partial charge in [-0.15, -0.1) is 24.0 Å². The molecular weight excluding hydrogens is 432 g/mol. The average molecular weight is 455 g/mol. The Hall–Kier alpha value is -1.83. The van der Waals surface area contributed by atoms with E-state index in [0.717, 1.165) is 29.7 Å². The fraction of sp³-hybridized carbons (Fsp3) is 0.316. The molecule has 0 atom stereocenters. The number of hydrogen-bond donors (Lipinski definition) is 2. The van der Waals surface area contributed by atoms with E-state index in [9.17, 15) is 4.39 Å². The number of hydrogen-bond acceptors (Lipinski definition) is 2. The molecule has 0 radical (unpaired) electrons. The van der Waals surface area contributed by atoms with Gasteiger partial charge in [-0.25, -0.2) is 9.38 Å². The third-order valence-corrected chi connectivity index (χ3v) is 4.37. The van der Waals surface area contributed by atoms with Gasteiger partial charge in [-0.3, -0.25) is 0 Å². The molecule has 0 unspecified atom stereocenters. The van der Waals surface area contributed by atoms with Crippen LogP contribution in [0.25, 0.3) is 0 Å². The number of nitrogens with two attached hydrogens (primary N) is 1. The van der Waals surface area contributed by atoms with Crippen molar-refractivity contribution in [1.29, 1.82) is 0 Å². The van der Waals surface area contributed by atoms with Crippen molar-refractivity contribution < 1.29 is 9.13 Å². The Bertz CT molecular complexity index is 760. The number of guanidine groups is 1. The first kappa shape index (κ1) is 19.5. The molecule has 4 nitrogen and oxygen atoms in total. The zero-order chi connectivity index (χ0) is 17.1. The van der Waals surface area contributed by atoms with Gasteiger partial charge in [0.05, 0.1) is 13.2 Å². The van der Waals surface area contributed by atoms with Gasteiger partial charge in [0.15, 0.2) is 17.5 Å². The largest absolute Gasteiger partial charge is 0.494 e. The van der Waals surface area contributed by atoms with Crippen LogP contribution in [0.2, 0.25) is 0 Å². The summed E-state index contributed by atoms with van der Waals surface area (Å²) in [6.07, 6.45) is 1.75. The van der Waals surface area contributed by atoms with Crippen LogP contribution in [0.3, 0.4) is 0 Å². The molecule has 1 fully saturated rings. The predicted molar refractivity (Wildman–Crippen MR) is 111 cm³/mol. The van der Waals surface area contributed by atoms with Crippen molar-refractivity contribution in [2.24, 2.45) is 10.7 Å². The average Bonchev–Trinajstić information content (AvgIpc) is 2.50. The molecule has 3 rings (SSSR count). The number of halogens is 2. The number of methoxy groups -OCH3 is 1. The molecule has 1 aliphatic carbocycles. The molecule has 0 saturated heterocycles. The molecular formula is C19H23FIN3O. The van der Waals surface area contributed by atoms with Crippen LogP contribution in [0, 0.1) is 12.7 Å². The maximum atomic E-state index is 13.8. The van der Waals surface area contributed by atoms with E-state index in [2.05, 4.69) is 10.3 Å². The Labute approximate surface area is 164 Å². The minimum atomic E-state index is -0.317. The van der Waals surface area contributed by atoms with E-state index in [1.165, 1.54) is 7.11 Å². The van der Waals surface area contributed by atoms with Crippen molar-refractivity contribution in [3.8, 4) is 5.75 Å². The molecule has 6 heteroatoms. The minimum absolute atomic E-state index is 0. The number of aryl methyl sites for hydroxylation is 1. The van der Waals surface area contributed by atoms with Gasteiger partial charge < -0.3 is 15.8 Å². The Balaban J connectivity index is 0.00000225. The standard InChI is InChI=1S/C19H22FN3O.HI/c1-12-4-3-5-15(8-12)22-19(21)23-16-9-14(10-16)13-6-7-18(24-2)17(20)11-13;/h3-8,11,14,16H,9-10H2,1-2H3,(H3,21,22,23);1H. The Morgan fingerprint density at radius 2 is 2.00 bits per heavy atom. The summed E-state index contributed by atoms with van der Waals surface area (Å²) in [4.78, 5) is 4.50. The molecule has 134 valence electrons. The van der Waals surface area contributed by atoms with E-state index in [-0.39, 0.29) is 41.6 Å². The molecule has 0 amide bonds. The second-order valence-corrected chi connectivity index (χ2v) is 6.22. The lowest BCUT2D eigenvalue weighted by atomic mass is 9.76. The molecule has 2 aromatic rings. The number of nitrogens with zero attached hydrogens (tertiary/aromatic N) is 1. The lowest BCUT2D eigenvalue weighted by Crippen LogP contribution is -2.31. The first-order chi connectivity index (χ1) is 11.5. The van der Waals surface area contributed by atoms with Crippen molar-refractivity contribution in [3.05, 3.63) is 59.4 Å². The van der Waals surface area contributed by atoms with Crippen molar-refractivity contribution >= 4 is 35.6 Å². The predicted octanol–water partition coefficient (Wildman–Crippen LogP) is 4.43. The van der Waals surface area contributed by atoms with Crippen molar-refractivity contribution in [3.63, 3.8) is 0 Å². The second-order valence-electron chi connectivity index (χ2n) is 6.22. The molecule has 1 aliphatic rings. The third kappa shape index (κ3) is 4.84. The second kappa shape index (κ2) is 8.51. The quantitative estimate of drug-likeness (QED) is 0.408. The summed E-state index contributed by atoms with van der Waals surface area (Å²) in [6.45, 7) is 2.03. The van der Waals surface area contributed by atoms with Gasteiger partial charge in [0.25, 0.3) is 0 Å². The minimum Gasteiger partial charge on any atom is -0.494 e. The third-order valence-electron chi connectivity index (χ3n) is 4.37. The van der Waals surface area contributed by atoms with E-state index in [1.807, 2.05) is 37.3 Å². The summed E-state index contributed by atoms with van der Waals surface area (Å²) >= 11 is 0. The van der Waals surface area contributed by atoms with Crippen LogP contribution in [0.1, 0.15) is 29.9 Å². The molecule has 0 bridgehead atoms. The van der Waals surface area contributed by atoms with E-state index in [1.54, 1.807) is 12.1 Å². The van der Waals surface area contributed by atoms with Gasteiger partial charge in [0.2, 0.25) is 0 Å². The molecule has 0 spiro atoms. The lowest BCUT2D eigenvalue weighted by molar-refractivity contribution is 0.349. The monoisotopic (exact) mass is 455 g/mol.